The Hall–Kier alpha value is -4.27. The van der Waals surface area contributed by atoms with Crippen LogP contribution in [0.2, 0.25) is 0 Å². The van der Waals surface area contributed by atoms with Gasteiger partial charge in [-0.2, -0.15) is 0 Å². The number of para-hydroxylation sites is 2. The number of hydrogen-bond donors (Lipinski definition) is 0. The van der Waals surface area contributed by atoms with E-state index < -0.39 is 0 Å². The van der Waals surface area contributed by atoms with Gasteiger partial charge in [0, 0.05) is 21.2 Å². The van der Waals surface area contributed by atoms with Gasteiger partial charge in [-0.25, -0.2) is 0 Å². The second-order valence-electron chi connectivity index (χ2n) is 8.97. The van der Waals surface area contributed by atoms with Crippen molar-refractivity contribution in [2.75, 3.05) is 4.90 Å². The zero-order valence-electron chi connectivity index (χ0n) is 19.6. The molecule has 0 aliphatic carbocycles. The number of hydrogen-bond acceptors (Lipinski definition) is 2. The summed E-state index contributed by atoms with van der Waals surface area (Å²) in [6.45, 7) is 0. The molecule has 0 aromatic heterocycles. The van der Waals surface area contributed by atoms with Gasteiger partial charge in [0.2, 0.25) is 0 Å². The molecule has 1 aliphatic rings. The van der Waals surface area contributed by atoms with Crippen LogP contribution in [0.25, 0.3) is 33.0 Å². The predicted octanol–water partition coefficient (Wildman–Crippen LogP) is 10.1. The third-order valence-corrected chi connectivity index (χ3v) is 8.06. The van der Waals surface area contributed by atoms with E-state index in [4.69, 9.17) is 0 Å². The summed E-state index contributed by atoms with van der Waals surface area (Å²) in [5.74, 6) is 0. The van der Waals surface area contributed by atoms with Crippen LogP contribution in [0, 0.1) is 0 Å². The van der Waals surface area contributed by atoms with Crippen molar-refractivity contribution in [1.29, 1.82) is 0 Å². The fraction of sp³-hybridized carbons (Fsp3) is 0. The van der Waals surface area contributed by atoms with Crippen LogP contribution in [0.1, 0.15) is 0 Å². The molecule has 0 saturated carbocycles. The van der Waals surface area contributed by atoms with Gasteiger partial charge in [0.25, 0.3) is 0 Å². The first-order valence-electron chi connectivity index (χ1n) is 12.2. The highest BCUT2D eigenvalue weighted by Gasteiger charge is 2.24. The van der Waals surface area contributed by atoms with Crippen LogP contribution in [-0.2, 0) is 0 Å². The highest BCUT2D eigenvalue weighted by molar-refractivity contribution is 7.99. The van der Waals surface area contributed by atoms with E-state index in [1.54, 1.807) is 0 Å². The Balaban J connectivity index is 1.58. The monoisotopic (exact) mass is 477 g/mol. The van der Waals surface area contributed by atoms with Gasteiger partial charge in [0.05, 0.1) is 5.69 Å². The van der Waals surface area contributed by atoms with E-state index in [9.17, 15) is 0 Å². The minimum atomic E-state index is 1.15. The van der Waals surface area contributed by atoms with Gasteiger partial charge >= 0.3 is 0 Å². The number of anilines is 3. The van der Waals surface area contributed by atoms with Gasteiger partial charge in [0.1, 0.15) is 0 Å². The van der Waals surface area contributed by atoms with Crippen molar-refractivity contribution in [2.45, 2.75) is 9.79 Å². The lowest BCUT2D eigenvalue weighted by molar-refractivity contribution is 1.23. The zero-order chi connectivity index (χ0) is 23.9. The minimum absolute atomic E-state index is 1.15. The highest BCUT2D eigenvalue weighted by Crippen LogP contribution is 2.52. The Morgan fingerprint density at radius 3 is 1.64 bits per heavy atom. The number of nitrogens with zero attached hydrogens (tertiary/aromatic N) is 1. The van der Waals surface area contributed by atoms with Crippen molar-refractivity contribution in [1.82, 2.24) is 0 Å². The maximum absolute atomic E-state index is 2.38. The smallest absolute Gasteiger partial charge is 0.0607 e. The molecule has 0 unspecified atom stereocenters. The molecule has 6 aromatic rings. The van der Waals surface area contributed by atoms with E-state index in [2.05, 4.69) is 144 Å². The Kier molecular flexibility index (Phi) is 5.11. The molecule has 0 atom stereocenters. The molecule has 0 N–H and O–H groups in total. The van der Waals surface area contributed by atoms with Gasteiger partial charge in [0.15, 0.2) is 0 Å². The second kappa shape index (κ2) is 8.75. The molecule has 0 saturated heterocycles. The molecule has 36 heavy (non-hydrogen) atoms. The van der Waals surface area contributed by atoms with E-state index in [0.717, 1.165) is 11.4 Å². The molecule has 2 heteroatoms. The average Bonchev–Trinajstić information content (AvgIpc) is 2.94. The zero-order valence-corrected chi connectivity index (χ0v) is 20.5. The first kappa shape index (κ1) is 21.0. The van der Waals surface area contributed by atoms with Crippen molar-refractivity contribution in [3.63, 3.8) is 0 Å². The van der Waals surface area contributed by atoms with E-state index in [-0.39, 0.29) is 0 Å². The summed E-state index contributed by atoms with van der Waals surface area (Å²) in [6, 6.07) is 50.2. The van der Waals surface area contributed by atoms with E-state index in [1.807, 2.05) is 11.8 Å². The second-order valence-corrected chi connectivity index (χ2v) is 10.0. The standard InChI is InChI=1S/C34H23NS/c1-3-14-25(15-4-1)35(26-16-5-2-6-17-26)31-22-11-21-30-29-20-10-13-24-12-9-19-28(33(24)29)27-18-7-8-23-32(27)36-34(30)31/h1-23H. The summed E-state index contributed by atoms with van der Waals surface area (Å²) < 4.78 is 0. The average molecular weight is 478 g/mol. The summed E-state index contributed by atoms with van der Waals surface area (Å²) in [5, 5.41) is 2.59. The molecule has 6 aromatic carbocycles. The lowest BCUT2D eigenvalue weighted by atomic mass is 9.91. The SMILES string of the molecule is c1ccc(N(c2ccccc2)c2cccc3c2Sc2ccccc2-c2cccc4cccc-3c24)cc1. The van der Waals surface area contributed by atoms with Crippen LogP contribution in [-0.4, -0.2) is 0 Å². The fourth-order valence-electron chi connectivity index (χ4n) is 5.28. The van der Waals surface area contributed by atoms with Crippen LogP contribution < -0.4 is 4.90 Å². The Morgan fingerprint density at radius 2 is 0.944 bits per heavy atom. The Labute approximate surface area is 215 Å². The first-order chi connectivity index (χ1) is 17.9. The van der Waals surface area contributed by atoms with Crippen LogP contribution in [0.3, 0.4) is 0 Å². The summed E-state index contributed by atoms with van der Waals surface area (Å²) in [5.41, 5.74) is 8.60. The molecule has 0 radical (unpaired) electrons. The van der Waals surface area contributed by atoms with Crippen molar-refractivity contribution < 1.29 is 0 Å². The van der Waals surface area contributed by atoms with E-state index >= 15 is 0 Å². The van der Waals surface area contributed by atoms with Crippen LogP contribution in [0.4, 0.5) is 17.1 Å². The van der Waals surface area contributed by atoms with Gasteiger partial charge in [-0.1, -0.05) is 115 Å². The lowest BCUT2D eigenvalue weighted by Gasteiger charge is -2.30. The molecule has 1 heterocycles. The summed E-state index contributed by atoms with van der Waals surface area (Å²) in [6.07, 6.45) is 0. The quantitative estimate of drug-likeness (QED) is 0.249. The lowest BCUT2D eigenvalue weighted by Crippen LogP contribution is -2.11. The predicted molar refractivity (Wildman–Crippen MR) is 154 cm³/mol. The third-order valence-electron chi connectivity index (χ3n) is 6.85. The molecular formula is C34H23NS. The third kappa shape index (κ3) is 3.42. The molecule has 0 bridgehead atoms. The highest BCUT2D eigenvalue weighted by atomic mass is 32.2. The van der Waals surface area contributed by atoms with Gasteiger partial charge in [-0.15, -0.1) is 0 Å². The van der Waals surface area contributed by atoms with Crippen molar-refractivity contribution in [2.24, 2.45) is 0 Å². The molecule has 1 nitrogen and oxygen atoms in total. The Morgan fingerprint density at radius 1 is 0.417 bits per heavy atom. The van der Waals surface area contributed by atoms with E-state index in [1.165, 1.54) is 48.5 Å². The molecule has 0 fully saturated rings. The normalized spacial score (nSPS) is 11.8. The molecule has 170 valence electrons. The Bertz CT molecular complexity index is 1660. The molecule has 7 rings (SSSR count). The summed E-state index contributed by atoms with van der Waals surface area (Å²) in [7, 11) is 0. The minimum Gasteiger partial charge on any atom is -0.309 e. The van der Waals surface area contributed by atoms with Gasteiger partial charge in [-0.05, 0) is 69.4 Å². The van der Waals surface area contributed by atoms with Crippen LogP contribution in [0.15, 0.2) is 149 Å². The van der Waals surface area contributed by atoms with Gasteiger partial charge in [-0.3, -0.25) is 0 Å². The van der Waals surface area contributed by atoms with Crippen molar-refractivity contribution >= 4 is 39.6 Å². The van der Waals surface area contributed by atoms with E-state index in [0.29, 0.717) is 0 Å². The molecular weight excluding hydrogens is 454 g/mol. The first-order valence-corrected chi connectivity index (χ1v) is 13.0. The maximum Gasteiger partial charge on any atom is 0.0607 e. The number of fused-ring (bicyclic) bond motifs is 4. The number of rotatable bonds is 3. The maximum atomic E-state index is 2.38. The van der Waals surface area contributed by atoms with Crippen molar-refractivity contribution in [3.8, 4) is 22.3 Å². The van der Waals surface area contributed by atoms with Gasteiger partial charge < -0.3 is 4.90 Å². The molecule has 1 aliphatic heterocycles. The topological polar surface area (TPSA) is 3.24 Å². The largest absolute Gasteiger partial charge is 0.309 e. The fourth-order valence-corrected chi connectivity index (χ4v) is 6.49. The number of benzene rings is 6. The molecule has 0 amide bonds. The summed E-state index contributed by atoms with van der Waals surface area (Å²) >= 11 is 1.87. The van der Waals surface area contributed by atoms with Crippen LogP contribution >= 0.6 is 11.8 Å². The summed E-state index contributed by atoms with van der Waals surface area (Å²) in [4.78, 5) is 4.91. The molecule has 0 spiro atoms. The van der Waals surface area contributed by atoms with Crippen LogP contribution in [0.5, 0.6) is 0 Å². The van der Waals surface area contributed by atoms with Crippen molar-refractivity contribution in [3.05, 3.63) is 140 Å².